The minimum absolute atomic E-state index is 0.0399. The first-order chi connectivity index (χ1) is 15.4. The number of fused-ring (bicyclic) bond motifs is 3. The van der Waals surface area contributed by atoms with Crippen LogP contribution in [0.5, 0.6) is 0 Å². The highest BCUT2D eigenvalue weighted by atomic mass is 32.2. The van der Waals surface area contributed by atoms with Gasteiger partial charge in [0.05, 0.1) is 0 Å². The van der Waals surface area contributed by atoms with E-state index in [1.165, 1.54) is 11.1 Å². The molecule has 0 aromatic heterocycles. The van der Waals surface area contributed by atoms with Gasteiger partial charge in [-0.25, -0.2) is 9.59 Å². The molecule has 0 spiro atoms. The summed E-state index contributed by atoms with van der Waals surface area (Å²) in [6.07, 6.45) is 1.93. The standard InChI is InChI=1S/C26H29NO4S/c1-25(2)13-14-32-16-26(25,23(28)29)27(17-11-12-17)24(30)31-15-22-20-9-5-3-7-18(20)19-8-4-6-10-21(19)22/h3-10,17,22H,11-16H2,1-2H3,(H,28,29). The van der Waals surface area contributed by atoms with Crippen LogP contribution in [-0.4, -0.2) is 51.8 Å². The molecule has 5 rings (SSSR count). The summed E-state index contributed by atoms with van der Waals surface area (Å²) >= 11 is 1.62. The van der Waals surface area contributed by atoms with Crippen LogP contribution in [0.2, 0.25) is 0 Å². The predicted octanol–water partition coefficient (Wildman–Crippen LogP) is 5.39. The topological polar surface area (TPSA) is 66.8 Å². The number of benzene rings is 2. The number of ether oxygens (including phenoxy) is 1. The van der Waals surface area contributed by atoms with Gasteiger partial charge >= 0.3 is 12.1 Å². The molecule has 168 valence electrons. The molecule has 1 atom stereocenters. The third-order valence-electron chi connectivity index (χ3n) is 7.51. The molecule has 2 aromatic carbocycles. The zero-order valence-corrected chi connectivity index (χ0v) is 19.4. The van der Waals surface area contributed by atoms with Gasteiger partial charge in [-0.1, -0.05) is 62.4 Å². The Hall–Kier alpha value is -2.47. The van der Waals surface area contributed by atoms with E-state index in [4.69, 9.17) is 4.74 Å². The first-order valence-electron chi connectivity index (χ1n) is 11.3. The van der Waals surface area contributed by atoms with Crippen LogP contribution in [0.15, 0.2) is 48.5 Å². The van der Waals surface area contributed by atoms with E-state index < -0.39 is 23.0 Å². The van der Waals surface area contributed by atoms with Crippen LogP contribution in [0.25, 0.3) is 11.1 Å². The van der Waals surface area contributed by atoms with Crippen molar-refractivity contribution in [1.29, 1.82) is 0 Å². The summed E-state index contributed by atoms with van der Waals surface area (Å²) in [5, 5.41) is 10.4. The second kappa shape index (κ2) is 7.84. The molecule has 32 heavy (non-hydrogen) atoms. The molecule has 1 saturated carbocycles. The van der Waals surface area contributed by atoms with Crippen molar-refractivity contribution < 1.29 is 19.4 Å². The maximum atomic E-state index is 13.5. The highest BCUT2D eigenvalue weighted by molar-refractivity contribution is 7.99. The molecule has 1 heterocycles. The van der Waals surface area contributed by atoms with Gasteiger partial charge in [-0.05, 0) is 47.3 Å². The highest BCUT2D eigenvalue weighted by Gasteiger charge is 2.62. The van der Waals surface area contributed by atoms with Gasteiger partial charge in [0.2, 0.25) is 0 Å². The van der Waals surface area contributed by atoms with Crippen LogP contribution in [0.4, 0.5) is 4.79 Å². The van der Waals surface area contributed by atoms with Crippen molar-refractivity contribution in [2.24, 2.45) is 5.41 Å². The smallest absolute Gasteiger partial charge is 0.411 e. The van der Waals surface area contributed by atoms with Crippen LogP contribution in [0.3, 0.4) is 0 Å². The molecular formula is C26H29NO4S. The van der Waals surface area contributed by atoms with Crippen molar-refractivity contribution in [3.63, 3.8) is 0 Å². The molecule has 1 aliphatic heterocycles. The number of hydrogen-bond donors (Lipinski definition) is 1. The van der Waals surface area contributed by atoms with E-state index in [2.05, 4.69) is 24.3 Å². The Morgan fingerprint density at radius 2 is 1.66 bits per heavy atom. The van der Waals surface area contributed by atoms with Crippen molar-refractivity contribution in [2.75, 3.05) is 18.1 Å². The molecular weight excluding hydrogens is 422 g/mol. The Morgan fingerprint density at radius 1 is 1.06 bits per heavy atom. The third kappa shape index (κ3) is 3.22. The Labute approximate surface area is 193 Å². The number of nitrogens with zero attached hydrogens (tertiary/aromatic N) is 1. The Morgan fingerprint density at radius 3 is 2.19 bits per heavy atom. The summed E-state index contributed by atoms with van der Waals surface area (Å²) in [7, 11) is 0. The summed E-state index contributed by atoms with van der Waals surface area (Å²) in [6.45, 7) is 4.17. The Kier molecular flexibility index (Phi) is 5.24. The van der Waals surface area contributed by atoms with Gasteiger partial charge in [0.15, 0.2) is 5.54 Å². The summed E-state index contributed by atoms with van der Waals surface area (Å²) in [6, 6.07) is 16.4. The average Bonchev–Trinajstić information content (AvgIpc) is 3.55. The van der Waals surface area contributed by atoms with Crippen LogP contribution in [0.1, 0.15) is 50.2 Å². The van der Waals surface area contributed by atoms with Crippen molar-refractivity contribution in [2.45, 2.75) is 50.6 Å². The van der Waals surface area contributed by atoms with Gasteiger partial charge in [0.25, 0.3) is 0 Å². The van der Waals surface area contributed by atoms with Gasteiger partial charge in [0.1, 0.15) is 6.61 Å². The first kappa shape index (κ1) is 21.4. The molecule has 1 unspecified atom stereocenters. The van der Waals surface area contributed by atoms with Crippen molar-refractivity contribution in [1.82, 2.24) is 4.90 Å². The van der Waals surface area contributed by atoms with Crippen LogP contribution >= 0.6 is 11.8 Å². The summed E-state index contributed by atoms with van der Waals surface area (Å²) < 4.78 is 5.94. The molecule has 0 bridgehead atoms. The van der Waals surface area contributed by atoms with Crippen LogP contribution in [-0.2, 0) is 9.53 Å². The van der Waals surface area contributed by atoms with E-state index in [1.54, 1.807) is 16.7 Å². The number of rotatable bonds is 5. The Balaban J connectivity index is 1.44. The lowest BCUT2D eigenvalue weighted by atomic mass is 9.69. The minimum atomic E-state index is -1.25. The van der Waals surface area contributed by atoms with Gasteiger partial charge in [-0.3, -0.25) is 4.90 Å². The van der Waals surface area contributed by atoms with E-state index >= 15 is 0 Å². The number of hydrogen-bond acceptors (Lipinski definition) is 4. The molecule has 3 aliphatic rings. The SMILES string of the molecule is CC1(C)CCSCC1(C(=O)O)N(C(=O)OCC1c2ccccc2-c2ccccc21)C1CC1. The lowest BCUT2D eigenvalue weighted by Gasteiger charge is -2.52. The van der Waals surface area contributed by atoms with E-state index in [0.29, 0.717) is 5.75 Å². The zero-order chi connectivity index (χ0) is 22.5. The van der Waals surface area contributed by atoms with Gasteiger partial charge in [-0.2, -0.15) is 11.8 Å². The monoisotopic (exact) mass is 451 g/mol. The molecule has 2 aromatic rings. The largest absolute Gasteiger partial charge is 0.479 e. The predicted molar refractivity (Wildman–Crippen MR) is 126 cm³/mol. The zero-order valence-electron chi connectivity index (χ0n) is 18.5. The maximum absolute atomic E-state index is 13.5. The third-order valence-corrected chi connectivity index (χ3v) is 8.63. The number of carboxylic acid groups (broad SMARTS) is 1. The first-order valence-corrected chi connectivity index (χ1v) is 12.5. The van der Waals surface area contributed by atoms with Crippen molar-refractivity contribution in [3.05, 3.63) is 59.7 Å². The van der Waals surface area contributed by atoms with Crippen LogP contribution in [0, 0.1) is 5.41 Å². The lowest BCUT2D eigenvalue weighted by Crippen LogP contribution is -2.68. The van der Waals surface area contributed by atoms with Crippen molar-refractivity contribution in [3.8, 4) is 11.1 Å². The summed E-state index contributed by atoms with van der Waals surface area (Å²) in [5.74, 6) is 0.346. The molecule has 0 radical (unpaired) electrons. The van der Waals surface area contributed by atoms with E-state index in [1.807, 2.05) is 38.1 Å². The van der Waals surface area contributed by atoms with Gasteiger partial charge in [0, 0.05) is 23.1 Å². The lowest BCUT2D eigenvalue weighted by molar-refractivity contribution is -0.158. The number of carbonyl (C=O) groups is 2. The quantitative estimate of drug-likeness (QED) is 0.661. The average molecular weight is 452 g/mol. The number of thioether (sulfide) groups is 1. The highest BCUT2D eigenvalue weighted by Crippen LogP contribution is 2.50. The second-order valence-corrected chi connectivity index (χ2v) is 10.9. The summed E-state index contributed by atoms with van der Waals surface area (Å²) in [4.78, 5) is 27.8. The number of carboxylic acids is 1. The fourth-order valence-corrected chi connectivity index (χ4v) is 7.16. The van der Waals surface area contributed by atoms with E-state index in [0.717, 1.165) is 36.1 Å². The second-order valence-electron chi connectivity index (χ2n) is 9.76. The normalized spacial score (nSPS) is 23.8. The molecule has 1 N–H and O–H groups in total. The fraction of sp³-hybridized carbons (Fsp3) is 0.462. The molecule has 6 heteroatoms. The number of amides is 1. The minimum Gasteiger partial charge on any atom is -0.479 e. The molecule has 1 amide bonds. The fourth-order valence-electron chi connectivity index (χ4n) is 5.41. The summed E-state index contributed by atoms with van der Waals surface area (Å²) in [5.41, 5.74) is 2.88. The molecule has 5 nitrogen and oxygen atoms in total. The maximum Gasteiger partial charge on any atom is 0.411 e. The van der Waals surface area contributed by atoms with Gasteiger partial charge in [-0.15, -0.1) is 0 Å². The number of aliphatic carboxylic acids is 1. The molecule has 2 aliphatic carbocycles. The molecule has 2 fully saturated rings. The van der Waals surface area contributed by atoms with E-state index in [9.17, 15) is 14.7 Å². The number of carbonyl (C=O) groups excluding carboxylic acids is 1. The van der Waals surface area contributed by atoms with Crippen molar-refractivity contribution >= 4 is 23.8 Å². The van der Waals surface area contributed by atoms with Crippen LogP contribution < -0.4 is 0 Å². The van der Waals surface area contributed by atoms with Gasteiger partial charge < -0.3 is 9.84 Å². The van der Waals surface area contributed by atoms with E-state index in [-0.39, 0.29) is 18.6 Å². The Bertz CT molecular complexity index is 1020. The molecule has 1 saturated heterocycles.